The third-order valence-electron chi connectivity index (χ3n) is 4.73. The number of carbonyl (C=O) groups excluding carboxylic acids is 1. The summed E-state index contributed by atoms with van der Waals surface area (Å²) in [7, 11) is 0. The van der Waals surface area contributed by atoms with Crippen LogP contribution in [-0.4, -0.2) is 29.1 Å². The van der Waals surface area contributed by atoms with E-state index in [1.54, 1.807) is 24.3 Å². The van der Waals surface area contributed by atoms with E-state index in [0.29, 0.717) is 16.4 Å². The number of urea groups is 1. The van der Waals surface area contributed by atoms with Gasteiger partial charge in [-0.15, -0.1) is 0 Å². The van der Waals surface area contributed by atoms with Crippen molar-refractivity contribution in [3.05, 3.63) is 65.3 Å². The van der Waals surface area contributed by atoms with Crippen molar-refractivity contribution < 1.29 is 4.79 Å². The predicted molar refractivity (Wildman–Crippen MR) is 122 cm³/mol. The predicted octanol–water partition coefficient (Wildman–Crippen LogP) is 5.43. The average molecular weight is 423 g/mol. The van der Waals surface area contributed by atoms with Gasteiger partial charge < -0.3 is 20.9 Å². The molecule has 2 aromatic carbocycles. The smallest absolute Gasteiger partial charge is 0.323 e. The van der Waals surface area contributed by atoms with Crippen molar-refractivity contribution in [2.45, 2.75) is 19.8 Å². The van der Waals surface area contributed by atoms with E-state index < -0.39 is 0 Å². The molecule has 0 unspecified atom stereocenters. The second-order valence-corrected chi connectivity index (χ2v) is 7.62. The molecule has 1 fully saturated rings. The highest BCUT2D eigenvalue weighted by Crippen LogP contribution is 2.22. The van der Waals surface area contributed by atoms with Gasteiger partial charge in [0.1, 0.15) is 5.82 Å². The van der Waals surface area contributed by atoms with Gasteiger partial charge in [-0.3, -0.25) is 0 Å². The van der Waals surface area contributed by atoms with Gasteiger partial charge in [-0.2, -0.15) is 4.98 Å². The Hall–Kier alpha value is -3.32. The summed E-state index contributed by atoms with van der Waals surface area (Å²) in [6.45, 7) is 3.97. The van der Waals surface area contributed by atoms with Gasteiger partial charge in [-0.25, -0.2) is 9.78 Å². The number of nitrogens with one attached hydrogen (secondary N) is 3. The van der Waals surface area contributed by atoms with Crippen LogP contribution >= 0.6 is 11.6 Å². The highest BCUT2D eigenvalue weighted by atomic mass is 35.5. The summed E-state index contributed by atoms with van der Waals surface area (Å²) >= 11 is 5.94. The maximum Gasteiger partial charge on any atom is 0.323 e. The molecule has 0 radical (unpaired) electrons. The fourth-order valence-electron chi connectivity index (χ4n) is 3.32. The first kappa shape index (κ1) is 20.0. The van der Waals surface area contributed by atoms with Gasteiger partial charge in [0.2, 0.25) is 5.95 Å². The second-order valence-electron chi connectivity index (χ2n) is 7.18. The third-order valence-corrected chi connectivity index (χ3v) is 4.96. The van der Waals surface area contributed by atoms with E-state index in [2.05, 4.69) is 30.8 Å². The summed E-state index contributed by atoms with van der Waals surface area (Å²) in [5.74, 6) is 1.52. The zero-order chi connectivity index (χ0) is 20.9. The van der Waals surface area contributed by atoms with Crippen LogP contribution in [0.2, 0.25) is 5.02 Å². The molecule has 154 valence electrons. The van der Waals surface area contributed by atoms with Crippen LogP contribution in [0.25, 0.3) is 0 Å². The van der Waals surface area contributed by atoms with E-state index in [9.17, 15) is 4.79 Å². The number of nitrogens with zero attached hydrogens (tertiary/aromatic N) is 3. The molecule has 0 atom stereocenters. The lowest BCUT2D eigenvalue weighted by atomic mass is 10.2. The first-order valence-electron chi connectivity index (χ1n) is 9.86. The minimum atomic E-state index is -0.334. The molecule has 3 N–H and O–H groups in total. The summed E-state index contributed by atoms with van der Waals surface area (Å²) in [6.07, 6.45) is 2.36. The molecule has 4 rings (SSSR count). The largest absolute Gasteiger partial charge is 0.341 e. The monoisotopic (exact) mass is 422 g/mol. The molecule has 1 aromatic heterocycles. The van der Waals surface area contributed by atoms with Gasteiger partial charge in [0.05, 0.1) is 0 Å². The van der Waals surface area contributed by atoms with E-state index in [-0.39, 0.29) is 6.03 Å². The van der Waals surface area contributed by atoms with E-state index >= 15 is 0 Å². The Balaban J connectivity index is 1.38. The number of aromatic nitrogens is 2. The highest BCUT2D eigenvalue weighted by molar-refractivity contribution is 6.30. The topological polar surface area (TPSA) is 82.2 Å². The molecule has 0 aliphatic carbocycles. The molecule has 7 nitrogen and oxygen atoms in total. The van der Waals surface area contributed by atoms with E-state index in [1.165, 1.54) is 12.8 Å². The number of aryl methyl sites for hydroxylation is 1. The first-order valence-corrected chi connectivity index (χ1v) is 10.2. The van der Waals surface area contributed by atoms with Crippen LogP contribution in [0.5, 0.6) is 0 Å². The van der Waals surface area contributed by atoms with Crippen molar-refractivity contribution in [3.63, 3.8) is 0 Å². The molecule has 1 saturated heterocycles. The minimum absolute atomic E-state index is 0.334. The molecule has 0 spiro atoms. The summed E-state index contributed by atoms with van der Waals surface area (Å²) in [4.78, 5) is 23.6. The minimum Gasteiger partial charge on any atom is -0.341 e. The summed E-state index contributed by atoms with van der Waals surface area (Å²) in [5, 5.41) is 9.44. The normalized spacial score (nSPS) is 13.2. The van der Waals surface area contributed by atoms with Crippen molar-refractivity contribution in [1.29, 1.82) is 0 Å². The first-order chi connectivity index (χ1) is 14.5. The number of amides is 2. The lowest BCUT2D eigenvalue weighted by molar-refractivity contribution is 0.262. The molecule has 2 heterocycles. The number of benzene rings is 2. The molecule has 1 aliphatic heterocycles. The molecular weight excluding hydrogens is 400 g/mol. The number of hydrogen-bond acceptors (Lipinski definition) is 5. The number of halogens is 1. The van der Waals surface area contributed by atoms with Crippen LogP contribution in [0, 0.1) is 6.92 Å². The molecule has 0 bridgehead atoms. The van der Waals surface area contributed by atoms with Crippen molar-refractivity contribution in [1.82, 2.24) is 9.97 Å². The van der Waals surface area contributed by atoms with E-state index in [4.69, 9.17) is 11.6 Å². The highest BCUT2D eigenvalue weighted by Gasteiger charge is 2.16. The number of hydrogen-bond donors (Lipinski definition) is 3. The molecule has 1 aliphatic rings. The maximum absolute atomic E-state index is 12.2. The summed E-state index contributed by atoms with van der Waals surface area (Å²) in [5.41, 5.74) is 3.11. The van der Waals surface area contributed by atoms with Gasteiger partial charge >= 0.3 is 6.03 Å². The SMILES string of the molecule is Cc1cc(Nc2ccc(NC(=O)Nc3cccc(Cl)c3)cc2)nc(N2CCCC2)n1. The van der Waals surface area contributed by atoms with Crippen LogP contribution in [0.15, 0.2) is 54.6 Å². The number of anilines is 5. The number of carbonyl (C=O) groups is 1. The Morgan fingerprint density at radius 1 is 0.933 bits per heavy atom. The molecule has 3 aromatic rings. The zero-order valence-electron chi connectivity index (χ0n) is 16.7. The lowest BCUT2D eigenvalue weighted by Gasteiger charge is -2.17. The number of rotatable bonds is 5. The Morgan fingerprint density at radius 3 is 2.37 bits per heavy atom. The van der Waals surface area contributed by atoms with Gasteiger partial charge in [-0.1, -0.05) is 17.7 Å². The Kier molecular flexibility index (Phi) is 5.99. The molecule has 8 heteroatoms. The van der Waals surface area contributed by atoms with Crippen molar-refractivity contribution >= 4 is 46.5 Å². The van der Waals surface area contributed by atoms with E-state index in [1.807, 2.05) is 37.3 Å². The van der Waals surface area contributed by atoms with Crippen molar-refractivity contribution in [2.24, 2.45) is 0 Å². The molecule has 2 amide bonds. The Bertz CT molecular complexity index is 1030. The Morgan fingerprint density at radius 2 is 1.63 bits per heavy atom. The van der Waals surface area contributed by atoms with Gasteiger partial charge in [0.15, 0.2) is 0 Å². The fraction of sp³-hybridized carbons (Fsp3) is 0.227. The van der Waals surface area contributed by atoms with Gasteiger partial charge in [-0.05, 0) is 62.2 Å². The summed E-state index contributed by atoms with van der Waals surface area (Å²) < 4.78 is 0. The second kappa shape index (κ2) is 9.00. The standard InChI is InChI=1S/C22H23ClN6O/c1-15-13-20(28-21(24-15)29-11-2-3-12-29)25-17-7-9-18(10-8-17)26-22(30)27-19-6-4-5-16(23)14-19/h4-10,13-14H,2-3,11-12H2,1H3,(H,24,25,28)(H2,26,27,30). The zero-order valence-corrected chi connectivity index (χ0v) is 17.4. The van der Waals surface area contributed by atoms with Crippen molar-refractivity contribution in [3.8, 4) is 0 Å². The van der Waals surface area contributed by atoms with Crippen LogP contribution in [0.3, 0.4) is 0 Å². The maximum atomic E-state index is 12.2. The van der Waals surface area contributed by atoms with Crippen LogP contribution in [0.4, 0.5) is 33.6 Å². The molecule has 30 heavy (non-hydrogen) atoms. The fourth-order valence-corrected chi connectivity index (χ4v) is 3.51. The van der Waals surface area contributed by atoms with Crippen LogP contribution in [-0.2, 0) is 0 Å². The van der Waals surface area contributed by atoms with Gasteiger partial charge in [0, 0.05) is 46.9 Å². The van der Waals surface area contributed by atoms with E-state index in [0.717, 1.165) is 36.2 Å². The molecule has 0 saturated carbocycles. The Labute approximate surface area is 180 Å². The average Bonchev–Trinajstić information content (AvgIpc) is 3.24. The third kappa shape index (κ3) is 5.18. The van der Waals surface area contributed by atoms with Crippen LogP contribution < -0.4 is 20.9 Å². The quantitative estimate of drug-likeness (QED) is 0.511. The van der Waals surface area contributed by atoms with Gasteiger partial charge in [0.25, 0.3) is 0 Å². The molecular formula is C22H23ClN6O. The lowest BCUT2D eigenvalue weighted by Crippen LogP contribution is -2.21. The van der Waals surface area contributed by atoms with Crippen LogP contribution in [0.1, 0.15) is 18.5 Å². The van der Waals surface area contributed by atoms with Crippen molar-refractivity contribution in [2.75, 3.05) is 33.9 Å². The summed E-state index contributed by atoms with van der Waals surface area (Å²) in [6, 6.07) is 16.0.